The molecule has 72 valence electrons. The van der Waals surface area contributed by atoms with E-state index in [2.05, 4.69) is 31.9 Å². The van der Waals surface area contributed by atoms with Gasteiger partial charge in [-0.1, -0.05) is 31.9 Å². The maximum Gasteiger partial charge on any atom is 0.337 e. The van der Waals surface area contributed by atoms with E-state index in [-0.39, 0.29) is 11.1 Å². The van der Waals surface area contributed by atoms with Crippen molar-refractivity contribution in [3.8, 4) is 6.07 Å². The van der Waals surface area contributed by atoms with Gasteiger partial charge in [0, 0.05) is 9.80 Å². The first-order valence-corrected chi connectivity index (χ1v) is 5.54. The predicted octanol–water partition coefficient (Wildman–Crippen LogP) is 2.91. The van der Waals surface area contributed by atoms with E-state index in [1.54, 1.807) is 6.07 Å². The third-order valence-corrected chi connectivity index (χ3v) is 3.04. The van der Waals surface area contributed by atoms with Crippen molar-refractivity contribution in [2.75, 3.05) is 0 Å². The summed E-state index contributed by atoms with van der Waals surface area (Å²) in [6.45, 7) is 0. The van der Waals surface area contributed by atoms with Gasteiger partial charge in [-0.3, -0.25) is 0 Å². The summed E-state index contributed by atoms with van der Waals surface area (Å²) < 4.78 is 0.732. The van der Waals surface area contributed by atoms with Crippen molar-refractivity contribution in [2.24, 2.45) is 0 Å². The van der Waals surface area contributed by atoms with Crippen LogP contribution in [0, 0.1) is 11.3 Å². The molecule has 14 heavy (non-hydrogen) atoms. The highest BCUT2D eigenvalue weighted by Crippen LogP contribution is 2.25. The Morgan fingerprint density at radius 1 is 1.57 bits per heavy atom. The van der Waals surface area contributed by atoms with Gasteiger partial charge in [0.15, 0.2) is 0 Å². The molecular formula is C9H5Br2NO2. The first kappa shape index (κ1) is 11.2. The summed E-state index contributed by atoms with van der Waals surface area (Å²) in [6, 6.07) is 4.94. The summed E-state index contributed by atoms with van der Waals surface area (Å²) in [5.74, 6) is -1.09. The highest BCUT2D eigenvalue weighted by molar-refractivity contribution is 9.10. The zero-order valence-corrected chi connectivity index (χ0v) is 10.1. The number of nitrogens with zero attached hydrogens (tertiary/aromatic N) is 1. The van der Waals surface area contributed by atoms with Crippen LogP contribution in [0.4, 0.5) is 0 Å². The summed E-state index contributed by atoms with van der Waals surface area (Å²) in [7, 11) is 0. The normalized spacial score (nSPS) is 9.50. The van der Waals surface area contributed by atoms with E-state index < -0.39 is 5.97 Å². The molecule has 0 amide bonds. The molecule has 0 aliphatic rings. The van der Waals surface area contributed by atoms with Gasteiger partial charge in [-0.15, -0.1) is 0 Å². The maximum absolute atomic E-state index is 10.8. The fourth-order valence-electron chi connectivity index (χ4n) is 1.06. The van der Waals surface area contributed by atoms with Gasteiger partial charge in [-0.25, -0.2) is 4.79 Å². The largest absolute Gasteiger partial charge is 0.478 e. The van der Waals surface area contributed by atoms with E-state index in [4.69, 9.17) is 10.4 Å². The van der Waals surface area contributed by atoms with Crippen LogP contribution in [0.15, 0.2) is 16.6 Å². The highest BCUT2D eigenvalue weighted by atomic mass is 79.9. The molecule has 1 N–H and O–H groups in total. The Labute approximate surface area is 97.6 Å². The number of carbonyl (C=O) groups is 1. The SMILES string of the molecule is N#Cc1c(C(=O)O)ccc(Br)c1CBr. The molecule has 0 bridgehead atoms. The third-order valence-electron chi connectivity index (χ3n) is 1.73. The Bertz CT molecular complexity index is 424. The number of hydrogen-bond acceptors (Lipinski definition) is 2. The first-order valence-electron chi connectivity index (χ1n) is 3.62. The number of halogens is 2. The smallest absolute Gasteiger partial charge is 0.337 e. The Hall–Kier alpha value is -0.860. The van der Waals surface area contributed by atoms with Gasteiger partial charge in [-0.2, -0.15) is 5.26 Å². The molecule has 1 aromatic rings. The summed E-state index contributed by atoms with van der Waals surface area (Å²) in [5, 5.41) is 18.1. The molecule has 0 unspecified atom stereocenters. The van der Waals surface area contributed by atoms with Crippen molar-refractivity contribution in [3.05, 3.63) is 33.3 Å². The Morgan fingerprint density at radius 3 is 2.64 bits per heavy atom. The fourth-order valence-corrected chi connectivity index (χ4v) is 2.49. The Balaban J connectivity index is 3.50. The Kier molecular flexibility index (Phi) is 3.67. The van der Waals surface area contributed by atoms with Crippen LogP contribution in [0.25, 0.3) is 0 Å². The minimum Gasteiger partial charge on any atom is -0.478 e. The average Bonchev–Trinajstić information content (AvgIpc) is 2.16. The van der Waals surface area contributed by atoms with Crippen LogP contribution in [0.5, 0.6) is 0 Å². The number of carboxylic acids is 1. The third kappa shape index (κ3) is 1.97. The van der Waals surface area contributed by atoms with Crippen LogP contribution in [0.3, 0.4) is 0 Å². The van der Waals surface area contributed by atoms with Crippen molar-refractivity contribution in [1.82, 2.24) is 0 Å². The molecule has 0 spiro atoms. The van der Waals surface area contributed by atoms with E-state index >= 15 is 0 Å². The number of benzene rings is 1. The summed E-state index contributed by atoms with van der Waals surface area (Å²) in [6.07, 6.45) is 0. The molecule has 0 fully saturated rings. The monoisotopic (exact) mass is 317 g/mol. The second-order valence-corrected chi connectivity index (χ2v) is 3.91. The second kappa shape index (κ2) is 4.58. The minimum atomic E-state index is -1.09. The molecule has 5 heteroatoms. The molecule has 1 rings (SSSR count). The van der Waals surface area contributed by atoms with Crippen LogP contribution in [0.2, 0.25) is 0 Å². The second-order valence-electron chi connectivity index (χ2n) is 2.50. The van der Waals surface area contributed by atoms with Crippen LogP contribution in [-0.4, -0.2) is 11.1 Å². The quantitative estimate of drug-likeness (QED) is 0.853. The van der Waals surface area contributed by atoms with Gasteiger partial charge in [0.1, 0.15) is 6.07 Å². The first-order chi connectivity index (χ1) is 6.61. The zero-order chi connectivity index (χ0) is 10.7. The summed E-state index contributed by atoms with van der Waals surface area (Å²) in [4.78, 5) is 10.8. The topological polar surface area (TPSA) is 61.1 Å². The average molecular weight is 319 g/mol. The molecule has 0 saturated heterocycles. The molecule has 0 aliphatic heterocycles. The van der Waals surface area contributed by atoms with Gasteiger partial charge in [0.05, 0.1) is 11.1 Å². The van der Waals surface area contributed by atoms with Crippen LogP contribution in [0.1, 0.15) is 21.5 Å². The highest BCUT2D eigenvalue weighted by Gasteiger charge is 2.15. The van der Waals surface area contributed by atoms with Crippen molar-refractivity contribution in [3.63, 3.8) is 0 Å². The summed E-state index contributed by atoms with van der Waals surface area (Å²) >= 11 is 6.47. The molecule has 3 nitrogen and oxygen atoms in total. The predicted molar refractivity (Wildman–Crippen MR) is 58.4 cm³/mol. The molecule has 0 atom stereocenters. The van der Waals surface area contributed by atoms with Gasteiger partial charge in [0.2, 0.25) is 0 Å². The lowest BCUT2D eigenvalue weighted by Crippen LogP contribution is -2.03. The lowest BCUT2D eigenvalue weighted by Gasteiger charge is -2.05. The molecule has 0 aliphatic carbocycles. The molecule has 0 radical (unpaired) electrons. The van der Waals surface area contributed by atoms with Crippen LogP contribution >= 0.6 is 31.9 Å². The lowest BCUT2D eigenvalue weighted by molar-refractivity contribution is 0.0696. The van der Waals surface area contributed by atoms with Crippen LogP contribution in [-0.2, 0) is 5.33 Å². The Morgan fingerprint density at radius 2 is 2.21 bits per heavy atom. The van der Waals surface area contributed by atoms with Gasteiger partial charge in [0.25, 0.3) is 0 Å². The molecule has 0 aromatic heterocycles. The minimum absolute atomic E-state index is 0.0325. The maximum atomic E-state index is 10.8. The van der Waals surface area contributed by atoms with Gasteiger partial charge in [-0.05, 0) is 17.7 Å². The number of alkyl halides is 1. The fraction of sp³-hybridized carbons (Fsp3) is 0.111. The van der Waals surface area contributed by atoms with Crippen molar-refractivity contribution >= 4 is 37.8 Å². The van der Waals surface area contributed by atoms with Crippen molar-refractivity contribution < 1.29 is 9.90 Å². The van der Waals surface area contributed by atoms with E-state index in [0.717, 1.165) is 4.47 Å². The van der Waals surface area contributed by atoms with E-state index in [0.29, 0.717) is 10.9 Å². The van der Waals surface area contributed by atoms with E-state index in [1.165, 1.54) is 6.07 Å². The molecule has 0 heterocycles. The molecule has 0 saturated carbocycles. The van der Waals surface area contributed by atoms with Crippen molar-refractivity contribution in [1.29, 1.82) is 5.26 Å². The van der Waals surface area contributed by atoms with Gasteiger partial charge < -0.3 is 5.11 Å². The van der Waals surface area contributed by atoms with E-state index in [9.17, 15) is 4.79 Å². The number of rotatable bonds is 2. The molecule has 1 aromatic carbocycles. The standard InChI is InChI=1S/C9H5Br2NO2/c10-3-6-7(4-12)5(9(13)14)1-2-8(6)11/h1-2H,3H2,(H,13,14). The van der Waals surface area contributed by atoms with Crippen LogP contribution < -0.4 is 0 Å². The van der Waals surface area contributed by atoms with Gasteiger partial charge >= 0.3 is 5.97 Å². The number of nitriles is 1. The van der Waals surface area contributed by atoms with E-state index in [1.807, 2.05) is 6.07 Å². The number of carboxylic acid groups (broad SMARTS) is 1. The number of aromatic carboxylic acids is 1. The summed E-state index contributed by atoms with van der Waals surface area (Å²) in [5.41, 5.74) is 0.890. The lowest BCUT2D eigenvalue weighted by atomic mass is 10.0. The molecular weight excluding hydrogens is 314 g/mol. The zero-order valence-electron chi connectivity index (χ0n) is 6.92. The number of hydrogen-bond donors (Lipinski definition) is 1. The van der Waals surface area contributed by atoms with Crippen molar-refractivity contribution in [2.45, 2.75) is 5.33 Å².